The number of benzene rings is 1. The molecule has 1 N–H and O–H groups in total. The molecule has 2 aromatic rings. The first kappa shape index (κ1) is 16.2. The highest BCUT2D eigenvalue weighted by Gasteiger charge is 2.23. The topological polar surface area (TPSA) is 47.0 Å². The number of rotatable bonds is 6. The maximum Gasteiger partial charge on any atom is 0.186 e. The summed E-state index contributed by atoms with van der Waals surface area (Å²) in [6.07, 6.45) is 2.61. The fourth-order valence-corrected chi connectivity index (χ4v) is 2.43. The van der Waals surface area contributed by atoms with Gasteiger partial charge in [0, 0.05) is 5.54 Å². The molecule has 0 aliphatic heterocycles. The van der Waals surface area contributed by atoms with Crippen molar-refractivity contribution in [2.75, 3.05) is 12.4 Å². The van der Waals surface area contributed by atoms with E-state index >= 15 is 0 Å². The van der Waals surface area contributed by atoms with Crippen LogP contribution in [0.25, 0.3) is 0 Å². The Bertz CT molecular complexity index is 644. The lowest BCUT2D eigenvalue weighted by Gasteiger charge is -2.28. The Morgan fingerprint density at radius 2 is 1.95 bits per heavy atom. The molecular weight excluding hydrogens is 281 g/mol. The summed E-state index contributed by atoms with van der Waals surface area (Å²) in [6.45, 7) is 5.88. The molecule has 4 nitrogen and oxygen atoms in total. The minimum atomic E-state index is -0.380. The number of hydrogen-bond acceptors (Lipinski definition) is 4. The lowest BCUT2D eigenvalue weighted by molar-refractivity contribution is 0.404. The number of para-hydroxylation sites is 1. The second-order valence-electron chi connectivity index (χ2n) is 5.83. The van der Waals surface area contributed by atoms with Crippen molar-refractivity contribution in [3.05, 3.63) is 47.7 Å². The van der Waals surface area contributed by atoms with E-state index in [4.69, 9.17) is 4.74 Å². The van der Waals surface area contributed by atoms with Gasteiger partial charge in [-0.1, -0.05) is 25.1 Å². The molecule has 1 heterocycles. The Kier molecular flexibility index (Phi) is 4.96. The third-order valence-corrected chi connectivity index (χ3v) is 3.48. The zero-order chi connectivity index (χ0) is 16.2. The van der Waals surface area contributed by atoms with E-state index in [-0.39, 0.29) is 17.2 Å². The number of aryl methyl sites for hydroxylation is 1. The van der Waals surface area contributed by atoms with Gasteiger partial charge in [0.15, 0.2) is 11.6 Å². The summed E-state index contributed by atoms with van der Waals surface area (Å²) in [4.78, 5) is 7.98. The number of methoxy groups -OCH3 is 1. The summed E-state index contributed by atoms with van der Waals surface area (Å²) in [6, 6.07) is 7.83. The van der Waals surface area contributed by atoms with Gasteiger partial charge in [-0.3, -0.25) is 0 Å². The highest BCUT2D eigenvalue weighted by atomic mass is 19.1. The average molecular weight is 303 g/mol. The Balaban J connectivity index is 2.21. The maximum absolute atomic E-state index is 14.3. The Labute approximate surface area is 130 Å². The van der Waals surface area contributed by atoms with Crippen LogP contribution < -0.4 is 10.1 Å². The number of aromatic nitrogens is 2. The number of halogens is 1. The van der Waals surface area contributed by atoms with Gasteiger partial charge in [-0.25, -0.2) is 14.4 Å². The minimum absolute atomic E-state index is 0.242. The fourth-order valence-electron chi connectivity index (χ4n) is 2.43. The zero-order valence-corrected chi connectivity index (χ0v) is 13.5. The van der Waals surface area contributed by atoms with E-state index < -0.39 is 0 Å². The van der Waals surface area contributed by atoms with Gasteiger partial charge >= 0.3 is 0 Å². The van der Waals surface area contributed by atoms with Crippen molar-refractivity contribution in [2.24, 2.45) is 0 Å². The molecule has 2 rings (SSSR count). The first-order chi connectivity index (χ1) is 10.5. The molecule has 0 atom stereocenters. The molecule has 0 radical (unpaired) electrons. The summed E-state index contributed by atoms with van der Waals surface area (Å²) in [5.74, 6) is 0.694. The van der Waals surface area contributed by atoms with E-state index in [2.05, 4.69) is 15.3 Å². The molecule has 118 valence electrons. The number of nitrogens with one attached hydrogen (secondary N) is 1. The summed E-state index contributed by atoms with van der Waals surface area (Å²) in [7, 11) is 1.65. The van der Waals surface area contributed by atoms with E-state index in [1.807, 2.05) is 45.0 Å². The highest BCUT2D eigenvalue weighted by molar-refractivity contribution is 5.42. The van der Waals surface area contributed by atoms with Crippen LogP contribution >= 0.6 is 0 Å². The molecule has 5 heteroatoms. The number of hydrogen-bond donors (Lipinski definition) is 1. The molecular formula is C17H22FN3O. The van der Waals surface area contributed by atoms with Crippen LogP contribution in [0.15, 0.2) is 30.6 Å². The molecule has 0 spiro atoms. The SMILES string of the molecule is CCc1ncnc(NC(C)(C)Cc2ccccc2OC)c1F. The smallest absolute Gasteiger partial charge is 0.186 e. The van der Waals surface area contributed by atoms with Crippen molar-refractivity contribution in [1.29, 1.82) is 0 Å². The number of ether oxygens (including phenoxy) is 1. The second kappa shape index (κ2) is 6.73. The molecule has 0 fully saturated rings. The largest absolute Gasteiger partial charge is 0.496 e. The van der Waals surface area contributed by atoms with Crippen LogP contribution in [0.4, 0.5) is 10.2 Å². The Morgan fingerprint density at radius 3 is 2.64 bits per heavy atom. The van der Waals surface area contributed by atoms with Crippen LogP contribution in [-0.2, 0) is 12.8 Å². The third-order valence-electron chi connectivity index (χ3n) is 3.48. The predicted molar refractivity (Wildman–Crippen MR) is 85.8 cm³/mol. The standard InChI is InChI=1S/C17H22FN3O/c1-5-13-15(18)16(20-11-19-13)21-17(2,3)10-12-8-6-7-9-14(12)22-4/h6-9,11H,5,10H2,1-4H3,(H,19,20,21). The predicted octanol–water partition coefficient (Wildman–Crippen LogP) is 3.62. The van der Waals surface area contributed by atoms with Gasteiger partial charge in [0.1, 0.15) is 12.1 Å². The zero-order valence-electron chi connectivity index (χ0n) is 13.5. The van der Waals surface area contributed by atoms with Crippen LogP contribution in [0.1, 0.15) is 32.0 Å². The van der Waals surface area contributed by atoms with Gasteiger partial charge in [-0.15, -0.1) is 0 Å². The van der Waals surface area contributed by atoms with Crippen LogP contribution in [0.3, 0.4) is 0 Å². The first-order valence-corrected chi connectivity index (χ1v) is 7.36. The quantitative estimate of drug-likeness (QED) is 0.885. The van der Waals surface area contributed by atoms with E-state index in [1.165, 1.54) is 6.33 Å². The molecule has 0 unspecified atom stereocenters. The van der Waals surface area contributed by atoms with Crippen molar-refractivity contribution < 1.29 is 9.13 Å². The third kappa shape index (κ3) is 3.72. The second-order valence-corrected chi connectivity index (χ2v) is 5.83. The van der Waals surface area contributed by atoms with Crippen molar-refractivity contribution >= 4 is 5.82 Å². The van der Waals surface area contributed by atoms with Gasteiger partial charge < -0.3 is 10.1 Å². The van der Waals surface area contributed by atoms with Gasteiger partial charge in [-0.2, -0.15) is 0 Å². The number of anilines is 1. The van der Waals surface area contributed by atoms with Crippen molar-refractivity contribution in [3.8, 4) is 5.75 Å². The molecule has 1 aromatic heterocycles. The molecule has 0 saturated heterocycles. The van der Waals surface area contributed by atoms with E-state index in [1.54, 1.807) is 7.11 Å². The van der Waals surface area contributed by atoms with Gasteiger partial charge in [0.05, 0.1) is 12.8 Å². The Hall–Kier alpha value is -2.17. The van der Waals surface area contributed by atoms with Crippen LogP contribution in [-0.4, -0.2) is 22.6 Å². The summed E-state index contributed by atoms with van der Waals surface area (Å²) >= 11 is 0. The molecule has 0 bridgehead atoms. The van der Waals surface area contributed by atoms with Crippen LogP contribution in [0.5, 0.6) is 5.75 Å². The molecule has 0 aliphatic carbocycles. The van der Waals surface area contributed by atoms with Crippen LogP contribution in [0.2, 0.25) is 0 Å². The van der Waals surface area contributed by atoms with Crippen molar-refractivity contribution in [3.63, 3.8) is 0 Å². The Morgan fingerprint density at radius 1 is 1.23 bits per heavy atom. The van der Waals surface area contributed by atoms with Gasteiger partial charge in [0.25, 0.3) is 0 Å². The highest BCUT2D eigenvalue weighted by Crippen LogP contribution is 2.26. The summed E-state index contributed by atoms with van der Waals surface area (Å²) in [5, 5.41) is 3.18. The van der Waals surface area contributed by atoms with E-state index in [0.29, 0.717) is 18.5 Å². The average Bonchev–Trinajstić information content (AvgIpc) is 2.49. The molecule has 0 aliphatic rings. The normalized spacial score (nSPS) is 11.3. The lowest BCUT2D eigenvalue weighted by Crippen LogP contribution is -2.34. The summed E-state index contributed by atoms with van der Waals surface area (Å²) in [5.41, 5.74) is 1.10. The molecule has 0 saturated carbocycles. The molecule has 22 heavy (non-hydrogen) atoms. The molecule has 1 aromatic carbocycles. The first-order valence-electron chi connectivity index (χ1n) is 7.36. The van der Waals surface area contributed by atoms with E-state index in [0.717, 1.165) is 11.3 Å². The summed E-state index contributed by atoms with van der Waals surface area (Å²) < 4.78 is 19.6. The maximum atomic E-state index is 14.3. The van der Waals surface area contributed by atoms with Gasteiger partial charge in [0.2, 0.25) is 0 Å². The lowest BCUT2D eigenvalue weighted by atomic mass is 9.94. The van der Waals surface area contributed by atoms with Crippen LogP contribution in [0, 0.1) is 5.82 Å². The van der Waals surface area contributed by atoms with Gasteiger partial charge in [-0.05, 0) is 38.3 Å². The van der Waals surface area contributed by atoms with Crippen molar-refractivity contribution in [2.45, 2.75) is 39.2 Å². The fraction of sp³-hybridized carbons (Fsp3) is 0.412. The minimum Gasteiger partial charge on any atom is -0.496 e. The van der Waals surface area contributed by atoms with Crippen molar-refractivity contribution in [1.82, 2.24) is 9.97 Å². The molecule has 0 amide bonds. The monoisotopic (exact) mass is 303 g/mol. The number of nitrogens with zero attached hydrogens (tertiary/aromatic N) is 2. The van der Waals surface area contributed by atoms with E-state index in [9.17, 15) is 4.39 Å².